The number of amides is 1. The van der Waals surface area contributed by atoms with Crippen LogP contribution in [-0.2, 0) is 4.79 Å². The van der Waals surface area contributed by atoms with Crippen LogP contribution in [0.2, 0.25) is 0 Å². The van der Waals surface area contributed by atoms with Gasteiger partial charge in [-0.2, -0.15) is 0 Å². The minimum atomic E-state index is 0.579. The lowest BCUT2D eigenvalue weighted by atomic mass is 10.1. The maximum absolute atomic E-state index is 9.80. The molecule has 2 heteroatoms. The van der Waals surface area contributed by atoms with Crippen molar-refractivity contribution in [3.8, 4) is 0 Å². The molecule has 1 aromatic rings. The molecule has 0 bridgehead atoms. The zero-order valence-electron chi connectivity index (χ0n) is 10.2. The van der Waals surface area contributed by atoms with Crippen LogP contribution < -0.4 is 5.32 Å². The Morgan fingerprint density at radius 2 is 1.94 bits per heavy atom. The summed E-state index contributed by atoms with van der Waals surface area (Å²) in [6.07, 6.45) is 4.60. The number of nitrogens with one attached hydrogen (secondary N) is 1. The highest BCUT2D eigenvalue weighted by molar-refractivity contribution is 5.45. The number of hydrogen-bond acceptors (Lipinski definition) is 1. The molecule has 1 aliphatic rings. The zero-order chi connectivity index (χ0) is 11.9. The van der Waals surface area contributed by atoms with Gasteiger partial charge in [-0.15, -0.1) is 0 Å². The van der Waals surface area contributed by atoms with Crippen LogP contribution in [0.25, 0.3) is 0 Å². The SMILES string of the molecule is CC1(CCNC=O)CC1.Cc1ccccc1. The van der Waals surface area contributed by atoms with Crippen LogP contribution in [-0.4, -0.2) is 13.0 Å². The van der Waals surface area contributed by atoms with E-state index in [1.54, 1.807) is 0 Å². The molecule has 0 atom stereocenters. The molecule has 0 unspecified atom stereocenters. The Balaban J connectivity index is 0.000000165. The predicted octanol–water partition coefficient (Wildman–Crippen LogP) is 2.92. The van der Waals surface area contributed by atoms with Gasteiger partial charge in [-0.3, -0.25) is 4.79 Å². The third-order valence-electron chi connectivity index (χ3n) is 3.00. The lowest BCUT2D eigenvalue weighted by Crippen LogP contribution is -2.15. The Labute approximate surface area is 98.1 Å². The smallest absolute Gasteiger partial charge is 0.207 e. The molecule has 1 amide bonds. The van der Waals surface area contributed by atoms with Crippen molar-refractivity contribution in [3.05, 3.63) is 35.9 Å². The zero-order valence-corrected chi connectivity index (χ0v) is 10.2. The molecule has 0 saturated heterocycles. The molecule has 1 saturated carbocycles. The third-order valence-corrected chi connectivity index (χ3v) is 3.00. The highest BCUT2D eigenvalue weighted by atomic mass is 16.1. The summed E-state index contributed by atoms with van der Waals surface area (Å²) in [7, 11) is 0. The van der Waals surface area contributed by atoms with Crippen molar-refractivity contribution >= 4 is 6.41 Å². The van der Waals surface area contributed by atoms with Crippen LogP contribution in [0, 0.1) is 12.3 Å². The van der Waals surface area contributed by atoms with E-state index in [1.165, 1.54) is 18.4 Å². The monoisotopic (exact) mass is 219 g/mol. The van der Waals surface area contributed by atoms with E-state index in [1.807, 2.05) is 18.2 Å². The van der Waals surface area contributed by atoms with E-state index in [9.17, 15) is 4.79 Å². The maximum Gasteiger partial charge on any atom is 0.207 e. The van der Waals surface area contributed by atoms with Gasteiger partial charge in [0.2, 0.25) is 6.41 Å². The van der Waals surface area contributed by atoms with Gasteiger partial charge in [-0.25, -0.2) is 0 Å². The second kappa shape index (κ2) is 6.31. The van der Waals surface area contributed by atoms with Crippen molar-refractivity contribution in [3.63, 3.8) is 0 Å². The van der Waals surface area contributed by atoms with Crippen LogP contribution in [0.3, 0.4) is 0 Å². The van der Waals surface area contributed by atoms with Crippen molar-refractivity contribution in [2.45, 2.75) is 33.1 Å². The summed E-state index contributed by atoms with van der Waals surface area (Å²) >= 11 is 0. The van der Waals surface area contributed by atoms with Crippen molar-refractivity contribution in [1.29, 1.82) is 0 Å². The van der Waals surface area contributed by atoms with Crippen LogP contribution in [0.4, 0.5) is 0 Å². The van der Waals surface area contributed by atoms with E-state index in [-0.39, 0.29) is 0 Å². The van der Waals surface area contributed by atoms with Gasteiger partial charge in [0.15, 0.2) is 0 Å². The molecule has 1 N–H and O–H groups in total. The summed E-state index contributed by atoms with van der Waals surface area (Å²) in [5, 5.41) is 2.66. The van der Waals surface area contributed by atoms with Gasteiger partial charge in [0.1, 0.15) is 0 Å². The number of carbonyl (C=O) groups is 1. The van der Waals surface area contributed by atoms with E-state index < -0.39 is 0 Å². The fourth-order valence-corrected chi connectivity index (χ4v) is 1.43. The van der Waals surface area contributed by atoms with Gasteiger partial charge < -0.3 is 5.32 Å². The number of hydrogen-bond donors (Lipinski definition) is 1. The lowest BCUT2D eigenvalue weighted by Gasteiger charge is -2.04. The first kappa shape index (κ1) is 12.8. The summed E-state index contributed by atoms with van der Waals surface area (Å²) in [4.78, 5) is 9.80. The molecule has 2 nitrogen and oxygen atoms in total. The van der Waals surface area contributed by atoms with Gasteiger partial charge in [0.05, 0.1) is 0 Å². The molecule has 0 aromatic heterocycles. The second-order valence-electron chi connectivity index (χ2n) is 4.79. The Morgan fingerprint density at radius 3 is 2.31 bits per heavy atom. The molecule has 16 heavy (non-hydrogen) atoms. The van der Waals surface area contributed by atoms with Crippen molar-refractivity contribution in [2.24, 2.45) is 5.41 Å². The molecular formula is C14H21NO. The van der Waals surface area contributed by atoms with Gasteiger partial charge >= 0.3 is 0 Å². The Bertz CT molecular complexity index is 304. The van der Waals surface area contributed by atoms with Crippen LogP contribution >= 0.6 is 0 Å². The molecule has 0 heterocycles. The molecule has 2 rings (SSSR count). The fraction of sp³-hybridized carbons (Fsp3) is 0.500. The standard InChI is InChI=1S/C7H13NO.C7H8/c1-7(2-3-7)4-5-8-6-9;1-7-5-3-2-4-6-7/h6H,2-5H2,1H3,(H,8,9);2-6H,1H3. The largest absolute Gasteiger partial charge is 0.359 e. The summed E-state index contributed by atoms with van der Waals surface area (Å²) in [5.74, 6) is 0. The fourth-order valence-electron chi connectivity index (χ4n) is 1.43. The molecule has 0 aliphatic heterocycles. The summed E-state index contributed by atoms with van der Waals surface area (Å²) in [6.45, 7) is 5.19. The van der Waals surface area contributed by atoms with E-state index in [4.69, 9.17) is 0 Å². The minimum absolute atomic E-state index is 0.579. The predicted molar refractivity (Wildman–Crippen MR) is 67.2 cm³/mol. The maximum atomic E-state index is 9.80. The summed E-state index contributed by atoms with van der Waals surface area (Å²) in [5.41, 5.74) is 1.90. The highest BCUT2D eigenvalue weighted by Crippen LogP contribution is 2.47. The van der Waals surface area contributed by atoms with Crippen molar-refractivity contribution in [1.82, 2.24) is 5.32 Å². The first-order valence-electron chi connectivity index (χ1n) is 5.85. The van der Waals surface area contributed by atoms with Crippen LogP contribution in [0.15, 0.2) is 30.3 Å². The average Bonchev–Trinajstić information content (AvgIpc) is 2.99. The Kier molecular flexibility index (Phi) is 5.03. The van der Waals surface area contributed by atoms with Gasteiger partial charge in [-0.05, 0) is 31.6 Å². The molecule has 0 spiro atoms. The quantitative estimate of drug-likeness (QED) is 0.612. The topological polar surface area (TPSA) is 29.1 Å². The number of carbonyl (C=O) groups excluding carboxylic acids is 1. The normalized spacial score (nSPS) is 15.6. The Morgan fingerprint density at radius 1 is 1.31 bits per heavy atom. The Hall–Kier alpha value is -1.31. The number of aryl methyl sites for hydroxylation is 1. The lowest BCUT2D eigenvalue weighted by molar-refractivity contribution is -0.109. The average molecular weight is 219 g/mol. The van der Waals surface area contributed by atoms with E-state index in [2.05, 4.69) is 31.3 Å². The minimum Gasteiger partial charge on any atom is -0.359 e. The summed E-state index contributed by atoms with van der Waals surface area (Å²) in [6, 6.07) is 10.3. The van der Waals surface area contributed by atoms with E-state index in [0.717, 1.165) is 19.4 Å². The number of benzene rings is 1. The molecule has 1 aromatic carbocycles. The van der Waals surface area contributed by atoms with Gasteiger partial charge in [0.25, 0.3) is 0 Å². The molecule has 1 fully saturated rings. The van der Waals surface area contributed by atoms with E-state index >= 15 is 0 Å². The van der Waals surface area contributed by atoms with E-state index in [0.29, 0.717) is 5.41 Å². The van der Waals surface area contributed by atoms with Crippen molar-refractivity contribution in [2.75, 3.05) is 6.54 Å². The molecular weight excluding hydrogens is 198 g/mol. The van der Waals surface area contributed by atoms with Gasteiger partial charge in [-0.1, -0.05) is 42.8 Å². The third kappa shape index (κ3) is 5.54. The first-order valence-corrected chi connectivity index (χ1v) is 5.85. The van der Waals surface area contributed by atoms with Crippen LogP contribution in [0.5, 0.6) is 0 Å². The number of rotatable bonds is 4. The molecule has 0 radical (unpaired) electrons. The van der Waals surface area contributed by atoms with Gasteiger partial charge in [0, 0.05) is 6.54 Å². The first-order chi connectivity index (χ1) is 7.66. The molecule has 88 valence electrons. The molecule has 1 aliphatic carbocycles. The summed E-state index contributed by atoms with van der Waals surface area (Å²) < 4.78 is 0. The second-order valence-corrected chi connectivity index (χ2v) is 4.79. The van der Waals surface area contributed by atoms with Crippen molar-refractivity contribution < 1.29 is 4.79 Å². The highest BCUT2D eigenvalue weighted by Gasteiger charge is 2.36. The van der Waals surface area contributed by atoms with Crippen LogP contribution in [0.1, 0.15) is 31.7 Å².